The van der Waals surface area contributed by atoms with Crippen molar-refractivity contribution in [2.45, 2.75) is 25.8 Å². The van der Waals surface area contributed by atoms with Crippen LogP contribution in [0.25, 0.3) is 10.9 Å². The number of fused-ring (bicyclic) bond motifs is 1. The largest absolute Gasteiger partial charge is 0.497 e. The summed E-state index contributed by atoms with van der Waals surface area (Å²) in [5.74, 6) is 1.14. The monoisotopic (exact) mass is 367 g/mol. The Morgan fingerprint density at radius 1 is 1.08 bits per heavy atom. The van der Waals surface area contributed by atoms with Gasteiger partial charge in [-0.3, -0.25) is 4.79 Å². The maximum Gasteiger partial charge on any atom is 0.239 e. The molecule has 1 heterocycles. The van der Waals surface area contributed by atoms with Crippen molar-refractivity contribution in [2.75, 3.05) is 18.2 Å². The van der Waals surface area contributed by atoms with Gasteiger partial charge < -0.3 is 10.1 Å². The van der Waals surface area contributed by atoms with Gasteiger partial charge in [-0.25, -0.2) is 0 Å². The molecule has 0 unspecified atom stereocenters. The Morgan fingerprint density at radius 3 is 2.65 bits per heavy atom. The van der Waals surface area contributed by atoms with Crippen LogP contribution in [0.3, 0.4) is 0 Å². The summed E-state index contributed by atoms with van der Waals surface area (Å²) in [6.45, 7) is 6.09. The number of aromatic amines is 1. The van der Waals surface area contributed by atoms with E-state index in [0.717, 1.165) is 38.5 Å². The smallest absolute Gasteiger partial charge is 0.239 e. The summed E-state index contributed by atoms with van der Waals surface area (Å²) in [5.41, 5.74) is 5.24. The molecule has 134 valence electrons. The molecule has 2 N–H and O–H groups in total. The lowest BCUT2D eigenvalue weighted by molar-refractivity contribution is -0.395. The molecule has 26 heavy (non-hydrogen) atoms. The molecule has 3 aromatic rings. The van der Waals surface area contributed by atoms with E-state index in [-0.39, 0.29) is 5.91 Å². The van der Waals surface area contributed by atoms with Crippen LogP contribution < -0.4 is 15.0 Å². The SMILES string of the molecule is COc1ccc2c(C)cc(SCC(=O)Nc3cc(C)ccc3C)[nH+]c2c1. The molecule has 5 heteroatoms. The van der Waals surface area contributed by atoms with Gasteiger partial charge in [-0.15, -0.1) is 0 Å². The zero-order valence-corrected chi connectivity index (χ0v) is 16.3. The van der Waals surface area contributed by atoms with Crippen LogP contribution in [0.5, 0.6) is 5.75 Å². The highest BCUT2D eigenvalue weighted by Crippen LogP contribution is 2.24. The van der Waals surface area contributed by atoms with Crippen LogP contribution in [0.2, 0.25) is 0 Å². The molecule has 0 spiro atoms. The van der Waals surface area contributed by atoms with Crippen LogP contribution in [0.15, 0.2) is 47.5 Å². The van der Waals surface area contributed by atoms with Gasteiger partial charge in [0, 0.05) is 17.1 Å². The molecule has 0 atom stereocenters. The van der Waals surface area contributed by atoms with Gasteiger partial charge in [-0.05, 0) is 67.4 Å². The number of benzene rings is 2. The predicted molar refractivity (Wildman–Crippen MR) is 107 cm³/mol. The summed E-state index contributed by atoms with van der Waals surface area (Å²) in [6, 6.07) is 14.1. The molecule has 0 fully saturated rings. The highest BCUT2D eigenvalue weighted by atomic mass is 32.2. The van der Waals surface area contributed by atoms with Gasteiger partial charge >= 0.3 is 0 Å². The quantitative estimate of drug-likeness (QED) is 0.683. The number of amides is 1. The Bertz CT molecular complexity index is 970. The topological polar surface area (TPSA) is 52.5 Å². The number of carbonyl (C=O) groups is 1. The minimum absolute atomic E-state index is 0.0134. The number of aromatic nitrogens is 1. The van der Waals surface area contributed by atoms with Crippen molar-refractivity contribution in [2.24, 2.45) is 0 Å². The van der Waals surface area contributed by atoms with E-state index in [9.17, 15) is 4.79 Å². The van der Waals surface area contributed by atoms with Gasteiger partial charge in [-0.1, -0.05) is 12.1 Å². The molecule has 3 rings (SSSR count). The number of rotatable bonds is 5. The molecule has 0 saturated heterocycles. The number of ether oxygens (including phenoxy) is 1. The second-order valence-electron chi connectivity index (χ2n) is 6.38. The number of hydrogen-bond acceptors (Lipinski definition) is 3. The van der Waals surface area contributed by atoms with Gasteiger partial charge in [0.2, 0.25) is 16.4 Å². The number of nitrogens with one attached hydrogen (secondary N) is 2. The molecule has 0 aliphatic heterocycles. The third-order valence-electron chi connectivity index (χ3n) is 4.28. The molecule has 1 aromatic heterocycles. The maximum atomic E-state index is 12.3. The van der Waals surface area contributed by atoms with Crippen LogP contribution in [0.1, 0.15) is 16.7 Å². The van der Waals surface area contributed by atoms with Gasteiger partial charge in [0.25, 0.3) is 0 Å². The molecule has 0 bridgehead atoms. The van der Waals surface area contributed by atoms with Crippen LogP contribution in [-0.4, -0.2) is 18.8 Å². The van der Waals surface area contributed by atoms with Gasteiger partial charge in [0.05, 0.1) is 18.9 Å². The fourth-order valence-corrected chi connectivity index (χ4v) is 3.62. The van der Waals surface area contributed by atoms with Crippen molar-refractivity contribution in [1.82, 2.24) is 0 Å². The molecular formula is C21H23N2O2S+. The van der Waals surface area contributed by atoms with Crippen LogP contribution in [0.4, 0.5) is 5.69 Å². The van der Waals surface area contributed by atoms with Crippen LogP contribution >= 0.6 is 11.8 Å². The molecule has 0 aliphatic rings. The van der Waals surface area contributed by atoms with Crippen molar-refractivity contribution in [3.63, 3.8) is 0 Å². The van der Waals surface area contributed by atoms with Crippen molar-refractivity contribution < 1.29 is 14.5 Å². The summed E-state index contributed by atoms with van der Waals surface area (Å²) < 4.78 is 5.30. The van der Waals surface area contributed by atoms with E-state index < -0.39 is 0 Å². The van der Waals surface area contributed by atoms with Gasteiger partial charge in [0.1, 0.15) is 5.75 Å². The van der Waals surface area contributed by atoms with E-state index in [1.807, 2.05) is 50.2 Å². The number of carbonyl (C=O) groups excluding carboxylic acids is 1. The summed E-state index contributed by atoms with van der Waals surface area (Å²) >= 11 is 1.49. The number of thioether (sulfide) groups is 1. The fourth-order valence-electron chi connectivity index (χ4n) is 2.82. The average Bonchev–Trinajstić information content (AvgIpc) is 2.62. The van der Waals surface area contributed by atoms with E-state index in [1.54, 1.807) is 7.11 Å². The first-order valence-electron chi connectivity index (χ1n) is 8.47. The molecule has 4 nitrogen and oxygen atoms in total. The summed E-state index contributed by atoms with van der Waals surface area (Å²) in [7, 11) is 1.66. The number of H-pyrrole nitrogens is 1. The molecular weight excluding hydrogens is 344 g/mol. The fraction of sp³-hybridized carbons (Fsp3) is 0.238. The lowest BCUT2D eigenvalue weighted by Gasteiger charge is -2.08. The lowest BCUT2D eigenvalue weighted by atomic mass is 10.1. The van der Waals surface area contributed by atoms with Gasteiger partial charge in [0.15, 0.2) is 0 Å². The number of pyridine rings is 1. The molecule has 2 aromatic carbocycles. The third-order valence-corrected chi connectivity index (χ3v) is 5.22. The van der Waals surface area contributed by atoms with E-state index in [1.165, 1.54) is 17.3 Å². The van der Waals surface area contributed by atoms with E-state index in [2.05, 4.69) is 23.3 Å². The Balaban J connectivity index is 1.72. The number of methoxy groups -OCH3 is 1. The average molecular weight is 367 g/mol. The van der Waals surface area contributed by atoms with E-state index >= 15 is 0 Å². The zero-order valence-electron chi connectivity index (χ0n) is 15.5. The molecule has 0 radical (unpaired) electrons. The third kappa shape index (κ3) is 4.17. The number of anilines is 1. The first-order valence-corrected chi connectivity index (χ1v) is 9.45. The first-order chi connectivity index (χ1) is 12.5. The Labute approximate surface area is 158 Å². The van der Waals surface area contributed by atoms with Crippen molar-refractivity contribution in [3.8, 4) is 5.75 Å². The standard InChI is InChI=1S/C21H22N2O2S/c1-13-5-6-14(2)18(9-13)22-20(24)12-26-21-10-15(3)17-8-7-16(25-4)11-19(17)23-21/h5-11H,12H2,1-4H3,(H,22,24)/p+1. The number of aryl methyl sites for hydroxylation is 3. The number of hydrogen-bond donors (Lipinski definition) is 1. The summed E-state index contributed by atoms with van der Waals surface area (Å²) in [4.78, 5) is 15.7. The first kappa shape index (κ1) is 18.3. The highest BCUT2D eigenvalue weighted by molar-refractivity contribution is 7.99. The lowest BCUT2D eigenvalue weighted by Crippen LogP contribution is -2.17. The van der Waals surface area contributed by atoms with Crippen molar-refractivity contribution in [1.29, 1.82) is 0 Å². The minimum Gasteiger partial charge on any atom is -0.497 e. The van der Waals surface area contributed by atoms with Crippen molar-refractivity contribution in [3.05, 3.63) is 59.2 Å². The second-order valence-corrected chi connectivity index (χ2v) is 7.40. The van der Waals surface area contributed by atoms with Gasteiger partial charge in [-0.2, -0.15) is 4.98 Å². The normalized spacial score (nSPS) is 10.8. The summed E-state index contributed by atoms with van der Waals surface area (Å²) in [5, 5.41) is 5.10. The van der Waals surface area contributed by atoms with E-state index in [4.69, 9.17) is 4.74 Å². The minimum atomic E-state index is -0.0134. The van der Waals surface area contributed by atoms with Crippen LogP contribution in [-0.2, 0) is 4.79 Å². The molecule has 1 amide bonds. The van der Waals surface area contributed by atoms with Crippen LogP contribution in [0, 0.1) is 20.8 Å². The predicted octanol–water partition coefficient (Wildman–Crippen LogP) is 4.32. The molecule has 0 saturated carbocycles. The Morgan fingerprint density at radius 2 is 1.88 bits per heavy atom. The van der Waals surface area contributed by atoms with Crippen molar-refractivity contribution >= 4 is 34.3 Å². The van der Waals surface area contributed by atoms with E-state index in [0.29, 0.717) is 5.75 Å². The Hall–Kier alpha value is -2.53. The maximum absolute atomic E-state index is 12.3. The second kappa shape index (κ2) is 7.79. The Kier molecular flexibility index (Phi) is 5.47. The summed E-state index contributed by atoms with van der Waals surface area (Å²) in [6.07, 6.45) is 0. The zero-order chi connectivity index (χ0) is 18.7. The molecule has 0 aliphatic carbocycles. The highest BCUT2D eigenvalue weighted by Gasteiger charge is 2.13.